The summed E-state index contributed by atoms with van der Waals surface area (Å²) in [5, 5.41) is 5.26. The van der Waals surface area contributed by atoms with Crippen molar-refractivity contribution in [2.75, 3.05) is 28.6 Å². The second-order valence-corrected chi connectivity index (χ2v) is 6.55. The van der Waals surface area contributed by atoms with E-state index in [4.69, 9.17) is 0 Å². The lowest BCUT2D eigenvalue weighted by atomic mass is 10.1. The maximum atomic E-state index is 12.1. The number of aryl methyl sites for hydroxylation is 1. The van der Waals surface area contributed by atoms with E-state index in [9.17, 15) is 9.59 Å². The van der Waals surface area contributed by atoms with Crippen LogP contribution in [0.15, 0.2) is 48.5 Å². The van der Waals surface area contributed by atoms with Gasteiger partial charge >= 0.3 is 11.8 Å². The van der Waals surface area contributed by atoms with E-state index >= 15 is 0 Å². The van der Waals surface area contributed by atoms with Crippen molar-refractivity contribution in [2.24, 2.45) is 0 Å². The molecule has 0 radical (unpaired) electrons. The molecule has 1 heterocycles. The third-order valence-electron chi connectivity index (χ3n) is 4.67. The molecule has 5 heteroatoms. The third kappa shape index (κ3) is 4.63. The molecule has 1 aliphatic rings. The summed E-state index contributed by atoms with van der Waals surface area (Å²) in [6.45, 7) is 4.22. The van der Waals surface area contributed by atoms with E-state index in [-0.39, 0.29) is 0 Å². The van der Waals surface area contributed by atoms with Crippen LogP contribution in [0.1, 0.15) is 31.7 Å². The van der Waals surface area contributed by atoms with Gasteiger partial charge in [0.1, 0.15) is 0 Å². The molecule has 0 aromatic heterocycles. The molecule has 1 fully saturated rings. The molecule has 26 heavy (non-hydrogen) atoms. The predicted molar refractivity (Wildman–Crippen MR) is 106 cm³/mol. The number of hydrogen-bond donors (Lipinski definition) is 2. The van der Waals surface area contributed by atoms with Gasteiger partial charge < -0.3 is 15.5 Å². The number of nitrogens with one attached hydrogen (secondary N) is 2. The van der Waals surface area contributed by atoms with Crippen LogP contribution in [0, 0.1) is 0 Å². The lowest BCUT2D eigenvalue weighted by Crippen LogP contribution is -2.30. The van der Waals surface area contributed by atoms with E-state index in [0.29, 0.717) is 11.4 Å². The van der Waals surface area contributed by atoms with Crippen molar-refractivity contribution >= 4 is 28.9 Å². The fraction of sp³-hybridized carbons (Fsp3) is 0.333. The van der Waals surface area contributed by atoms with Gasteiger partial charge in [0.25, 0.3) is 0 Å². The number of carbonyl (C=O) groups excluding carboxylic acids is 2. The highest BCUT2D eigenvalue weighted by molar-refractivity contribution is 6.43. The quantitative estimate of drug-likeness (QED) is 0.823. The molecule has 5 nitrogen and oxygen atoms in total. The van der Waals surface area contributed by atoms with Crippen LogP contribution >= 0.6 is 0 Å². The Kier molecular flexibility index (Phi) is 5.89. The lowest BCUT2D eigenvalue weighted by Gasteiger charge is -2.28. The van der Waals surface area contributed by atoms with Crippen molar-refractivity contribution in [2.45, 2.75) is 32.6 Å². The fourth-order valence-electron chi connectivity index (χ4n) is 3.11. The van der Waals surface area contributed by atoms with Crippen LogP contribution < -0.4 is 15.5 Å². The third-order valence-corrected chi connectivity index (χ3v) is 4.67. The molecular weight excluding hydrogens is 326 g/mol. The van der Waals surface area contributed by atoms with Crippen LogP contribution in [0.3, 0.4) is 0 Å². The number of benzene rings is 2. The van der Waals surface area contributed by atoms with Gasteiger partial charge in [0.05, 0.1) is 0 Å². The Morgan fingerprint density at radius 2 is 1.31 bits per heavy atom. The van der Waals surface area contributed by atoms with Crippen molar-refractivity contribution in [1.82, 2.24) is 0 Å². The number of rotatable bonds is 4. The average Bonchev–Trinajstić information content (AvgIpc) is 2.70. The SMILES string of the molecule is CCc1ccc(NC(=O)C(=O)Nc2ccc(N3CCCCC3)cc2)cc1. The second-order valence-electron chi connectivity index (χ2n) is 6.55. The zero-order valence-corrected chi connectivity index (χ0v) is 15.1. The smallest absolute Gasteiger partial charge is 0.314 e. The number of carbonyl (C=O) groups is 2. The van der Waals surface area contributed by atoms with Gasteiger partial charge in [-0.1, -0.05) is 19.1 Å². The van der Waals surface area contributed by atoms with Crippen LogP contribution in [0.25, 0.3) is 0 Å². The van der Waals surface area contributed by atoms with Gasteiger partial charge in [0.2, 0.25) is 0 Å². The maximum Gasteiger partial charge on any atom is 0.314 e. The van der Waals surface area contributed by atoms with Crippen LogP contribution in [-0.4, -0.2) is 24.9 Å². The lowest BCUT2D eigenvalue weighted by molar-refractivity contribution is -0.132. The minimum Gasteiger partial charge on any atom is -0.372 e. The molecule has 1 saturated heterocycles. The Morgan fingerprint density at radius 1 is 0.808 bits per heavy atom. The van der Waals surface area contributed by atoms with Crippen LogP contribution in [0.2, 0.25) is 0 Å². The normalized spacial score (nSPS) is 14.0. The van der Waals surface area contributed by atoms with Gasteiger partial charge in [-0.2, -0.15) is 0 Å². The Labute approximate surface area is 154 Å². The summed E-state index contributed by atoms with van der Waals surface area (Å²) in [5.74, 6) is -1.34. The fourth-order valence-corrected chi connectivity index (χ4v) is 3.11. The monoisotopic (exact) mass is 351 g/mol. The van der Waals surface area contributed by atoms with Crippen LogP contribution in [0.4, 0.5) is 17.1 Å². The molecule has 2 amide bonds. The van der Waals surface area contributed by atoms with E-state index in [1.165, 1.54) is 24.8 Å². The van der Waals surface area contributed by atoms with E-state index < -0.39 is 11.8 Å². The zero-order chi connectivity index (χ0) is 18.4. The summed E-state index contributed by atoms with van der Waals surface area (Å²) in [4.78, 5) is 26.5. The molecule has 2 N–H and O–H groups in total. The van der Waals surface area contributed by atoms with E-state index in [1.54, 1.807) is 12.1 Å². The molecule has 0 unspecified atom stereocenters. The average molecular weight is 351 g/mol. The molecule has 0 spiro atoms. The number of nitrogens with zero attached hydrogens (tertiary/aromatic N) is 1. The van der Waals surface area contributed by atoms with Crippen LogP contribution in [-0.2, 0) is 16.0 Å². The van der Waals surface area contributed by atoms with Gasteiger partial charge in [-0.15, -0.1) is 0 Å². The van der Waals surface area contributed by atoms with Gasteiger partial charge in [-0.05, 0) is 67.6 Å². The molecule has 0 atom stereocenters. The summed E-state index contributed by atoms with van der Waals surface area (Å²) in [6, 6.07) is 15.1. The first-order chi connectivity index (χ1) is 12.7. The Bertz CT molecular complexity index is 748. The van der Waals surface area contributed by atoms with E-state index in [1.807, 2.05) is 36.4 Å². The first-order valence-electron chi connectivity index (χ1n) is 9.22. The summed E-state index contributed by atoms with van der Waals surface area (Å²) in [5.41, 5.74) is 3.57. The molecule has 2 aromatic carbocycles. The predicted octanol–water partition coefficient (Wildman–Crippen LogP) is 3.82. The highest BCUT2D eigenvalue weighted by atomic mass is 16.2. The topological polar surface area (TPSA) is 61.4 Å². The van der Waals surface area contributed by atoms with Gasteiger partial charge in [-0.3, -0.25) is 9.59 Å². The molecule has 136 valence electrons. The standard InChI is InChI=1S/C21H25N3O2/c1-2-16-6-8-17(9-7-16)22-20(25)21(26)23-18-10-12-19(13-11-18)24-14-4-3-5-15-24/h6-13H,2-5,14-15H2,1H3,(H,22,25)(H,23,26). The summed E-state index contributed by atoms with van der Waals surface area (Å²) in [6.07, 6.45) is 4.67. The number of piperidine rings is 1. The van der Waals surface area contributed by atoms with Crippen molar-refractivity contribution in [3.8, 4) is 0 Å². The number of hydrogen-bond acceptors (Lipinski definition) is 3. The Hall–Kier alpha value is -2.82. The first kappa shape index (κ1) is 18.0. The minimum atomic E-state index is -0.672. The summed E-state index contributed by atoms with van der Waals surface area (Å²) >= 11 is 0. The largest absolute Gasteiger partial charge is 0.372 e. The number of anilines is 3. The Morgan fingerprint density at radius 3 is 1.81 bits per heavy atom. The minimum absolute atomic E-state index is 0.614. The molecule has 1 aliphatic heterocycles. The first-order valence-corrected chi connectivity index (χ1v) is 9.22. The van der Waals surface area contributed by atoms with Gasteiger partial charge in [-0.25, -0.2) is 0 Å². The van der Waals surface area contributed by atoms with Crippen molar-refractivity contribution < 1.29 is 9.59 Å². The highest BCUT2D eigenvalue weighted by Crippen LogP contribution is 2.21. The van der Waals surface area contributed by atoms with Crippen molar-refractivity contribution in [1.29, 1.82) is 0 Å². The van der Waals surface area contributed by atoms with Gasteiger partial charge in [0, 0.05) is 30.2 Å². The van der Waals surface area contributed by atoms with Crippen molar-refractivity contribution in [3.05, 3.63) is 54.1 Å². The molecule has 3 rings (SSSR count). The van der Waals surface area contributed by atoms with Crippen LogP contribution in [0.5, 0.6) is 0 Å². The Balaban J connectivity index is 1.55. The molecule has 0 bridgehead atoms. The molecular formula is C21H25N3O2. The molecule has 0 saturated carbocycles. The maximum absolute atomic E-state index is 12.1. The van der Waals surface area contributed by atoms with E-state index in [0.717, 1.165) is 25.2 Å². The van der Waals surface area contributed by atoms with Gasteiger partial charge in [0.15, 0.2) is 0 Å². The van der Waals surface area contributed by atoms with E-state index in [2.05, 4.69) is 22.5 Å². The molecule has 0 aliphatic carbocycles. The second kappa shape index (κ2) is 8.52. The number of amides is 2. The summed E-state index contributed by atoms with van der Waals surface area (Å²) < 4.78 is 0. The summed E-state index contributed by atoms with van der Waals surface area (Å²) in [7, 11) is 0. The van der Waals surface area contributed by atoms with Crippen molar-refractivity contribution in [3.63, 3.8) is 0 Å². The zero-order valence-electron chi connectivity index (χ0n) is 15.1. The highest BCUT2D eigenvalue weighted by Gasteiger charge is 2.15. The molecule has 2 aromatic rings.